The molecule has 0 aliphatic rings. The average Bonchev–Trinajstić information content (AvgIpc) is 2.45. The molecular formula is C14H24N2O4S2. The lowest BCUT2D eigenvalue weighted by atomic mass is 10.2. The summed E-state index contributed by atoms with van der Waals surface area (Å²) in [4.78, 5) is 2.02. The topological polar surface area (TPSA) is 83.6 Å². The molecular weight excluding hydrogens is 324 g/mol. The third-order valence-electron chi connectivity index (χ3n) is 3.64. The largest absolute Gasteiger partial charge is 0.302 e. The number of nitrogens with zero attached hydrogens (tertiary/aromatic N) is 1. The number of sulfone groups is 1. The van der Waals surface area contributed by atoms with Crippen LogP contribution in [0.3, 0.4) is 0 Å². The van der Waals surface area contributed by atoms with Gasteiger partial charge in [-0.2, -0.15) is 0 Å². The van der Waals surface area contributed by atoms with Crippen molar-refractivity contribution in [1.82, 2.24) is 9.62 Å². The Balaban J connectivity index is 2.79. The van der Waals surface area contributed by atoms with E-state index in [0.717, 1.165) is 12.7 Å². The van der Waals surface area contributed by atoms with Crippen LogP contribution >= 0.6 is 0 Å². The summed E-state index contributed by atoms with van der Waals surface area (Å²) in [5.74, 6) is 0. The van der Waals surface area contributed by atoms with Crippen LogP contribution in [0.25, 0.3) is 0 Å². The third kappa shape index (κ3) is 5.35. The van der Waals surface area contributed by atoms with Crippen LogP contribution in [0.2, 0.25) is 0 Å². The summed E-state index contributed by atoms with van der Waals surface area (Å²) in [5.41, 5.74) is 0. The number of rotatable bonds is 8. The van der Waals surface area contributed by atoms with Crippen molar-refractivity contribution in [3.05, 3.63) is 24.3 Å². The van der Waals surface area contributed by atoms with Gasteiger partial charge in [0.1, 0.15) is 0 Å². The Bertz CT molecular complexity index is 699. The van der Waals surface area contributed by atoms with Crippen molar-refractivity contribution in [2.75, 3.05) is 26.4 Å². The first kappa shape index (κ1) is 19.1. The van der Waals surface area contributed by atoms with E-state index in [9.17, 15) is 16.8 Å². The van der Waals surface area contributed by atoms with E-state index in [-0.39, 0.29) is 16.3 Å². The molecule has 0 heterocycles. The van der Waals surface area contributed by atoms with Crippen molar-refractivity contribution in [1.29, 1.82) is 0 Å². The Kier molecular flexibility index (Phi) is 6.54. The highest BCUT2D eigenvalue weighted by molar-refractivity contribution is 7.91. The summed E-state index contributed by atoms with van der Waals surface area (Å²) in [7, 11) is -5.21. The number of hydrogen-bond donors (Lipinski definition) is 1. The van der Waals surface area contributed by atoms with Crippen LogP contribution in [0.5, 0.6) is 0 Å². The van der Waals surface area contributed by atoms with Gasteiger partial charge in [0.25, 0.3) is 0 Å². The molecule has 0 fully saturated rings. The number of benzene rings is 1. The van der Waals surface area contributed by atoms with Crippen LogP contribution < -0.4 is 4.72 Å². The molecule has 1 atom stereocenters. The maximum atomic E-state index is 12.2. The Labute approximate surface area is 133 Å². The minimum atomic E-state index is -3.71. The molecule has 0 radical (unpaired) electrons. The molecule has 0 bridgehead atoms. The first-order chi connectivity index (χ1) is 10.1. The van der Waals surface area contributed by atoms with Crippen LogP contribution in [-0.4, -0.2) is 54.2 Å². The Morgan fingerprint density at radius 3 is 2.32 bits per heavy atom. The molecule has 8 heteroatoms. The van der Waals surface area contributed by atoms with E-state index in [2.05, 4.69) is 23.5 Å². The van der Waals surface area contributed by atoms with Gasteiger partial charge in [-0.3, -0.25) is 0 Å². The Morgan fingerprint density at radius 2 is 1.77 bits per heavy atom. The molecule has 0 aliphatic carbocycles. The van der Waals surface area contributed by atoms with E-state index in [1.54, 1.807) is 0 Å². The smallest absolute Gasteiger partial charge is 0.240 e. The molecule has 22 heavy (non-hydrogen) atoms. The zero-order valence-electron chi connectivity index (χ0n) is 13.4. The van der Waals surface area contributed by atoms with E-state index < -0.39 is 19.9 Å². The van der Waals surface area contributed by atoms with Crippen molar-refractivity contribution in [2.45, 2.75) is 36.1 Å². The van der Waals surface area contributed by atoms with Crippen molar-refractivity contribution in [3.63, 3.8) is 0 Å². The summed E-state index contributed by atoms with van der Waals surface area (Å²) >= 11 is 0. The number of hydrogen-bond acceptors (Lipinski definition) is 5. The van der Waals surface area contributed by atoms with E-state index in [1.165, 1.54) is 24.3 Å². The van der Waals surface area contributed by atoms with Crippen molar-refractivity contribution in [3.8, 4) is 0 Å². The SMILES string of the molecule is CCC(C)N(C)CCNS(=O)(=O)c1cccc(S(C)(=O)=O)c1. The van der Waals surface area contributed by atoms with Crippen LogP contribution in [0.1, 0.15) is 20.3 Å². The monoisotopic (exact) mass is 348 g/mol. The van der Waals surface area contributed by atoms with Crippen LogP contribution in [-0.2, 0) is 19.9 Å². The van der Waals surface area contributed by atoms with Gasteiger partial charge in [-0.15, -0.1) is 0 Å². The zero-order valence-corrected chi connectivity index (χ0v) is 15.0. The van der Waals surface area contributed by atoms with Gasteiger partial charge in [0, 0.05) is 25.4 Å². The maximum absolute atomic E-state index is 12.2. The van der Waals surface area contributed by atoms with Crippen LogP contribution in [0.15, 0.2) is 34.1 Å². The van der Waals surface area contributed by atoms with Crippen molar-refractivity contribution >= 4 is 19.9 Å². The standard InChI is InChI=1S/C14H24N2O4S2/c1-5-12(2)16(3)10-9-15-22(19,20)14-8-6-7-13(11-14)21(4,17)18/h6-8,11-12,15H,5,9-10H2,1-4H3. The van der Waals surface area contributed by atoms with Gasteiger partial charge in [-0.25, -0.2) is 21.6 Å². The predicted octanol–water partition coefficient (Wildman–Crippen LogP) is 1.10. The van der Waals surface area contributed by atoms with Crippen LogP contribution in [0, 0.1) is 0 Å². The van der Waals surface area contributed by atoms with Crippen LogP contribution in [0.4, 0.5) is 0 Å². The molecule has 1 aromatic rings. The van der Waals surface area contributed by atoms with Gasteiger partial charge >= 0.3 is 0 Å². The fraction of sp³-hybridized carbons (Fsp3) is 0.571. The zero-order chi connectivity index (χ0) is 17.0. The van der Waals surface area contributed by atoms with E-state index in [0.29, 0.717) is 12.6 Å². The number of nitrogens with one attached hydrogen (secondary N) is 1. The molecule has 1 N–H and O–H groups in total. The fourth-order valence-electron chi connectivity index (χ4n) is 1.84. The molecule has 0 saturated heterocycles. The second kappa shape index (κ2) is 7.54. The molecule has 0 amide bonds. The lowest BCUT2D eigenvalue weighted by Crippen LogP contribution is -2.37. The molecule has 1 unspecified atom stereocenters. The first-order valence-electron chi connectivity index (χ1n) is 7.08. The van der Waals surface area contributed by atoms with Crippen molar-refractivity contribution < 1.29 is 16.8 Å². The lowest BCUT2D eigenvalue weighted by molar-refractivity contribution is 0.256. The van der Waals surface area contributed by atoms with Gasteiger partial charge < -0.3 is 4.90 Å². The summed E-state index contributed by atoms with van der Waals surface area (Å²) < 4.78 is 49.9. The second-order valence-electron chi connectivity index (χ2n) is 5.38. The van der Waals surface area contributed by atoms with Gasteiger partial charge in [-0.1, -0.05) is 13.0 Å². The van der Waals surface area contributed by atoms with E-state index >= 15 is 0 Å². The first-order valence-corrected chi connectivity index (χ1v) is 10.5. The second-order valence-corrected chi connectivity index (χ2v) is 9.17. The Morgan fingerprint density at radius 1 is 1.18 bits per heavy atom. The third-order valence-corrected chi connectivity index (χ3v) is 6.21. The van der Waals surface area contributed by atoms with Gasteiger partial charge in [0.2, 0.25) is 10.0 Å². The molecule has 0 aromatic heterocycles. The summed E-state index contributed by atoms with van der Waals surface area (Å²) in [6.45, 7) is 5.00. The number of likely N-dealkylation sites (N-methyl/N-ethyl adjacent to an activating group) is 1. The summed E-state index contributed by atoms with van der Waals surface area (Å²) in [6.07, 6.45) is 2.03. The minimum absolute atomic E-state index is 0.00732. The lowest BCUT2D eigenvalue weighted by Gasteiger charge is -2.23. The molecule has 1 aromatic carbocycles. The summed E-state index contributed by atoms with van der Waals surface area (Å²) in [6, 6.07) is 5.74. The maximum Gasteiger partial charge on any atom is 0.240 e. The molecule has 0 saturated carbocycles. The van der Waals surface area contributed by atoms with E-state index in [4.69, 9.17) is 0 Å². The normalized spacial score (nSPS) is 14.2. The number of sulfonamides is 1. The van der Waals surface area contributed by atoms with Gasteiger partial charge in [0.15, 0.2) is 9.84 Å². The van der Waals surface area contributed by atoms with Gasteiger partial charge in [-0.05, 0) is 38.6 Å². The average molecular weight is 348 g/mol. The fourth-order valence-corrected chi connectivity index (χ4v) is 3.65. The molecule has 6 nitrogen and oxygen atoms in total. The summed E-state index contributed by atoms with van der Waals surface area (Å²) in [5, 5.41) is 0. The van der Waals surface area contributed by atoms with Crippen molar-refractivity contribution in [2.24, 2.45) is 0 Å². The highest BCUT2D eigenvalue weighted by Crippen LogP contribution is 2.15. The van der Waals surface area contributed by atoms with E-state index in [1.807, 2.05) is 7.05 Å². The molecule has 0 aliphatic heterocycles. The Hall–Kier alpha value is -0.960. The highest BCUT2D eigenvalue weighted by atomic mass is 32.2. The molecule has 126 valence electrons. The predicted molar refractivity (Wildman–Crippen MR) is 87.1 cm³/mol. The highest BCUT2D eigenvalue weighted by Gasteiger charge is 2.17. The molecule has 0 spiro atoms. The quantitative estimate of drug-likeness (QED) is 0.760. The minimum Gasteiger partial charge on any atom is -0.302 e. The molecule has 1 rings (SSSR count). The van der Waals surface area contributed by atoms with Gasteiger partial charge in [0.05, 0.1) is 9.79 Å².